The third-order valence-electron chi connectivity index (χ3n) is 7.46. The molecule has 168 valence electrons. The molecule has 0 radical (unpaired) electrons. The monoisotopic (exact) mass is 440 g/mol. The van der Waals surface area contributed by atoms with Crippen molar-refractivity contribution in [2.75, 3.05) is 4.90 Å². The van der Waals surface area contributed by atoms with Crippen molar-refractivity contribution < 1.29 is 9.26 Å². The fourth-order valence-corrected chi connectivity index (χ4v) is 5.62. The van der Waals surface area contributed by atoms with Gasteiger partial charge in [-0.3, -0.25) is 0 Å². The molecular weight excluding hydrogens is 412 g/mol. The van der Waals surface area contributed by atoms with Gasteiger partial charge in [0.15, 0.2) is 0 Å². The summed E-state index contributed by atoms with van der Waals surface area (Å²) >= 11 is 0. The number of fused-ring (bicyclic) bond motifs is 2. The summed E-state index contributed by atoms with van der Waals surface area (Å²) in [5.41, 5.74) is 5.02. The summed E-state index contributed by atoms with van der Waals surface area (Å²) < 4.78 is 12.4. The third-order valence-corrected chi connectivity index (χ3v) is 7.46. The molecule has 2 aliphatic heterocycles. The quantitative estimate of drug-likeness (QED) is 0.503. The van der Waals surface area contributed by atoms with E-state index in [1.165, 1.54) is 31.2 Å². The van der Waals surface area contributed by atoms with Gasteiger partial charge in [-0.15, -0.1) is 0 Å². The van der Waals surface area contributed by atoms with E-state index in [1.807, 2.05) is 12.1 Å². The Labute approximate surface area is 194 Å². The van der Waals surface area contributed by atoms with Crippen molar-refractivity contribution in [1.29, 1.82) is 5.26 Å². The van der Waals surface area contributed by atoms with E-state index in [0.29, 0.717) is 30.2 Å². The van der Waals surface area contributed by atoms with Gasteiger partial charge in [0.05, 0.1) is 18.3 Å². The molecule has 6 heteroatoms. The van der Waals surface area contributed by atoms with Crippen LogP contribution in [0.3, 0.4) is 0 Å². The molecule has 6 rings (SSSR count). The second kappa shape index (κ2) is 8.31. The van der Waals surface area contributed by atoms with Crippen LogP contribution in [-0.2, 0) is 11.3 Å². The molecule has 3 aromatic rings. The van der Waals surface area contributed by atoms with Gasteiger partial charge >= 0.3 is 0 Å². The maximum atomic E-state index is 9.06. The SMILES string of the molecule is Cc1ccccc1-c1noc(C2CC2)c1COC1CC2CCC(C1)N2c1ccc(C#N)cn1. The van der Waals surface area contributed by atoms with E-state index in [4.69, 9.17) is 14.5 Å². The maximum absolute atomic E-state index is 9.06. The normalized spacial score (nSPS) is 24.1. The summed E-state index contributed by atoms with van der Waals surface area (Å²) in [7, 11) is 0. The summed E-state index contributed by atoms with van der Waals surface area (Å²) in [6.45, 7) is 2.67. The standard InChI is InChI=1S/C27H28N4O2/c1-17-4-2-3-5-23(17)26-24(27(33-30-26)19-7-8-19)16-32-22-12-20-9-10-21(13-22)31(20)25-11-6-18(14-28)15-29-25/h2-6,11,15,19-22H,7-10,12-13,16H2,1H3. The molecule has 33 heavy (non-hydrogen) atoms. The number of aryl methyl sites for hydroxylation is 1. The first kappa shape index (κ1) is 20.4. The summed E-state index contributed by atoms with van der Waals surface area (Å²) in [4.78, 5) is 7.01. The number of nitrogens with zero attached hydrogens (tertiary/aromatic N) is 4. The van der Waals surface area contributed by atoms with E-state index in [-0.39, 0.29) is 6.10 Å². The lowest BCUT2D eigenvalue weighted by Crippen LogP contribution is -2.46. The summed E-state index contributed by atoms with van der Waals surface area (Å²) in [5.74, 6) is 2.50. The minimum absolute atomic E-state index is 0.226. The van der Waals surface area contributed by atoms with E-state index in [1.54, 1.807) is 6.20 Å². The fraction of sp³-hybridized carbons (Fsp3) is 0.444. The average Bonchev–Trinajstić information content (AvgIpc) is 3.55. The Balaban J connectivity index is 1.19. The molecule has 0 spiro atoms. The minimum Gasteiger partial charge on any atom is -0.373 e. The van der Waals surface area contributed by atoms with Crippen LogP contribution in [0.1, 0.15) is 66.9 Å². The van der Waals surface area contributed by atoms with Crippen LogP contribution in [-0.4, -0.2) is 28.3 Å². The third kappa shape index (κ3) is 3.81. The predicted molar refractivity (Wildman–Crippen MR) is 125 cm³/mol. The molecule has 4 heterocycles. The van der Waals surface area contributed by atoms with Crippen LogP contribution in [0, 0.1) is 18.3 Å². The molecule has 3 fully saturated rings. The fourth-order valence-electron chi connectivity index (χ4n) is 5.62. The molecule has 2 aromatic heterocycles. The molecule has 0 amide bonds. The van der Waals surface area contributed by atoms with Crippen molar-refractivity contribution in [3.05, 3.63) is 65.0 Å². The number of benzene rings is 1. The number of rotatable bonds is 6. The van der Waals surface area contributed by atoms with E-state index < -0.39 is 0 Å². The zero-order valence-corrected chi connectivity index (χ0v) is 18.9. The lowest BCUT2D eigenvalue weighted by Gasteiger charge is -2.39. The molecule has 6 nitrogen and oxygen atoms in total. The highest BCUT2D eigenvalue weighted by Gasteiger charge is 2.42. The van der Waals surface area contributed by atoms with Crippen LogP contribution >= 0.6 is 0 Å². The van der Waals surface area contributed by atoms with Gasteiger partial charge in [-0.1, -0.05) is 29.4 Å². The summed E-state index contributed by atoms with van der Waals surface area (Å²) in [6.07, 6.45) is 8.59. The smallest absolute Gasteiger partial charge is 0.145 e. The maximum Gasteiger partial charge on any atom is 0.145 e. The Hall–Kier alpha value is -3.17. The minimum atomic E-state index is 0.226. The molecule has 1 saturated carbocycles. The number of ether oxygens (including phenoxy) is 1. The number of hydrogen-bond acceptors (Lipinski definition) is 6. The van der Waals surface area contributed by atoms with Gasteiger partial charge in [0.25, 0.3) is 0 Å². The van der Waals surface area contributed by atoms with Crippen LogP contribution < -0.4 is 4.90 Å². The highest BCUT2D eigenvalue weighted by molar-refractivity contribution is 5.67. The van der Waals surface area contributed by atoms with Crippen molar-refractivity contribution in [2.45, 2.75) is 76.2 Å². The first-order valence-corrected chi connectivity index (χ1v) is 12.0. The summed E-state index contributed by atoms with van der Waals surface area (Å²) in [5, 5.41) is 13.5. The van der Waals surface area contributed by atoms with E-state index in [0.717, 1.165) is 41.2 Å². The van der Waals surface area contributed by atoms with Crippen molar-refractivity contribution >= 4 is 5.82 Å². The van der Waals surface area contributed by atoms with Crippen molar-refractivity contribution in [1.82, 2.24) is 10.1 Å². The Morgan fingerprint density at radius 1 is 1.09 bits per heavy atom. The highest BCUT2D eigenvalue weighted by Crippen LogP contribution is 2.45. The lowest BCUT2D eigenvalue weighted by atomic mass is 9.98. The van der Waals surface area contributed by atoms with Crippen LogP contribution in [0.2, 0.25) is 0 Å². The van der Waals surface area contributed by atoms with Gasteiger partial charge < -0.3 is 14.2 Å². The molecule has 2 saturated heterocycles. The molecule has 1 aliphatic carbocycles. The van der Waals surface area contributed by atoms with E-state index in [2.05, 4.69) is 52.3 Å². The largest absolute Gasteiger partial charge is 0.373 e. The number of piperidine rings is 1. The number of hydrogen-bond donors (Lipinski definition) is 0. The molecular formula is C27H28N4O2. The first-order chi connectivity index (χ1) is 16.2. The molecule has 2 unspecified atom stereocenters. The van der Waals surface area contributed by atoms with Crippen LogP contribution in [0.4, 0.5) is 5.82 Å². The van der Waals surface area contributed by atoms with Gasteiger partial charge in [-0.2, -0.15) is 5.26 Å². The lowest BCUT2D eigenvalue weighted by molar-refractivity contribution is 0.0146. The van der Waals surface area contributed by atoms with Gasteiger partial charge in [-0.05, 0) is 63.1 Å². The number of pyridine rings is 1. The Kier molecular flexibility index (Phi) is 5.15. The number of anilines is 1. The van der Waals surface area contributed by atoms with E-state index >= 15 is 0 Å². The average molecular weight is 441 g/mol. The first-order valence-electron chi connectivity index (χ1n) is 12.0. The van der Waals surface area contributed by atoms with E-state index in [9.17, 15) is 0 Å². The molecule has 3 aliphatic rings. The molecule has 2 atom stereocenters. The van der Waals surface area contributed by atoms with Gasteiger partial charge in [0, 0.05) is 35.3 Å². The van der Waals surface area contributed by atoms with Crippen molar-refractivity contribution in [2.24, 2.45) is 0 Å². The molecule has 0 N–H and O–H groups in total. The highest BCUT2D eigenvalue weighted by atomic mass is 16.5. The van der Waals surface area contributed by atoms with Crippen molar-refractivity contribution in [3.63, 3.8) is 0 Å². The van der Waals surface area contributed by atoms with Crippen molar-refractivity contribution in [3.8, 4) is 17.3 Å². The van der Waals surface area contributed by atoms with Gasteiger partial charge in [0.2, 0.25) is 0 Å². The van der Waals surface area contributed by atoms with Gasteiger partial charge in [-0.25, -0.2) is 4.98 Å². The second-order valence-electron chi connectivity index (χ2n) is 9.68. The zero-order chi connectivity index (χ0) is 22.4. The molecule has 1 aromatic carbocycles. The summed E-state index contributed by atoms with van der Waals surface area (Å²) in [6, 6.07) is 15.2. The number of aromatic nitrogens is 2. The van der Waals surface area contributed by atoms with Crippen LogP contribution in [0.25, 0.3) is 11.3 Å². The topological polar surface area (TPSA) is 75.2 Å². The Bertz CT molecular complexity index is 1180. The Morgan fingerprint density at radius 3 is 2.55 bits per heavy atom. The molecule has 2 bridgehead atoms. The zero-order valence-electron chi connectivity index (χ0n) is 18.9. The van der Waals surface area contributed by atoms with Crippen LogP contribution in [0.15, 0.2) is 47.1 Å². The van der Waals surface area contributed by atoms with Gasteiger partial charge in [0.1, 0.15) is 23.3 Å². The predicted octanol–water partition coefficient (Wildman–Crippen LogP) is 5.51. The second-order valence-corrected chi connectivity index (χ2v) is 9.68. The number of nitriles is 1. The van der Waals surface area contributed by atoms with Crippen LogP contribution in [0.5, 0.6) is 0 Å². The Morgan fingerprint density at radius 2 is 1.88 bits per heavy atom.